The van der Waals surface area contributed by atoms with Crippen molar-refractivity contribution < 1.29 is 9.59 Å². The number of carbonyl (C=O) groups is 2. The number of carbonyl (C=O) groups excluding carboxylic acids is 2. The fraction of sp³-hybridized carbons (Fsp3) is 0.0909. The first-order valence-electron chi connectivity index (χ1n) is 8.78. The van der Waals surface area contributed by atoms with Crippen LogP contribution in [0, 0.1) is 0 Å². The minimum absolute atomic E-state index is 0.227. The van der Waals surface area contributed by atoms with Gasteiger partial charge in [-0.1, -0.05) is 49.4 Å². The molecule has 3 amide bonds. The first-order chi connectivity index (χ1) is 13.2. The zero-order valence-corrected chi connectivity index (χ0v) is 15.0. The third-order valence-corrected chi connectivity index (χ3v) is 4.08. The third-order valence-electron chi connectivity index (χ3n) is 4.08. The largest absolute Gasteiger partial charge is 0.323 e. The molecule has 0 spiro atoms. The van der Waals surface area contributed by atoms with Gasteiger partial charge in [0.15, 0.2) is 0 Å². The predicted octanol–water partition coefficient (Wildman–Crippen LogP) is 5.15. The van der Waals surface area contributed by atoms with Crippen LogP contribution in [0.3, 0.4) is 0 Å². The van der Waals surface area contributed by atoms with Gasteiger partial charge in [0.05, 0.1) is 11.4 Å². The summed E-state index contributed by atoms with van der Waals surface area (Å²) >= 11 is 0. The van der Waals surface area contributed by atoms with Gasteiger partial charge in [-0.25, -0.2) is 4.79 Å². The van der Waals surface area contributed by atoms with Crippen LogP contribution in [-0.4, -0.2) is 11.9 Å². The van der Waals surface area contributed by atoms with Crippen LogP contribution in [0.25, 0.3) is 0 Å². The second-order valence-electron chi connectivity index (χ2n) is 6.00. The summed E-state index contributed by atoms with van der Waals surface area (Å²) < 4.78 is 0. The molecular weight excluding hydrogens is 338 g/mol. The number of rotatable bonds is 5. The Morgan fingerprint density at radius 3 is 1.93 bits per heavy atom. The van der Waals surface area contributed by atoms with Crippen LogP contribution in [0.5, 0.6) is 0 Å². The Labute approximate surface area is 158 Å². The fourth-order valence-electron chi connectivity index (χ4n) is 2.59. The summed E-state index contributed by atoms with van der Waals surface area (Å²) in [6.45, 7) is 2.07. The van der Waals surface area contributed by atoms with Crippen LogP contribution in [0.2, 0.25) is 0 Å². The summed E-state index contributed by atoms with van der Waals surface area (Å²) in [4.78, 5) is 24.7. The van der Waals surface area contributed by atoms with Gasteiger partial charge in [0.25, 0.3) is 5.91 Å². The number of hydrogen-bond donors (Lipinski definition) is 3. The minimum Gasteiger partial charge on any atom is -0.320 e. The lowest BCUT2D eigenvalue weighted by molar-refractivity contribution is 0.102. The number of anilines is 3. The molecule has 0 heterocycles. The number of benzene rings is 3. The zero-order valence-electron chi connectivity index (χ0n) is 15.0. The van der Waals surface area contributed by atoms with E-state index in [1.165, 1.54) is 5.56 Å². The molecule has 0 saturated heterocycles. The first-order valence-corrected chi connectivity index (χ1v) is 8.78. The Balaban J connectivity index is 1.69. The molecule has 3 N–H and O–H groups in total. The van der Waals surface area contributed by atoms with E-state index in [0.29, 0.717) is 22.6 Å². The molecule has 0 aliphatic heterocycles. The van der Waals surface area contributed by atoms with Crippen LogP contribution < -0.4 is 16.0 Å². The summed E-state index contributed by atoms with van der Waals surface area (Å²) in [5.41, 5.74) is 3.48. The maximum absolute atomic E-state index is 12.5. The van der Waals surface area contributed by atoms with Gasteiger partial charge in [-0.05, 0) is 48.4 Å². The van der Waals surface area contributed by atoms with Crippen molar-refractivity contribution in [3.8, 4) is 0 Å². The Bertz CT molecular complexity index is 922. The molecule has 0 radical (unpaired) electrons. The maximum Gasteiger partial charge on any atom is 0.323 e. The van der Waals surface area contributed by atoms with Crippen molar-refractivity contribution in [2.24, 2.45) is 0 Å². The lowest BCUT2D eigenvalue weighted by atomic mass is 10.1. The molecule has 3 aromatic carbocycles. The fourth-order valence-corrected chi connectivity index (χ4v) is 2.59. The summed E-state index contributed by atoms with van der Waals surface area (Å²) in [6.07, 6.45) is 0.922. The molecule has 5 heteroatoms. The van der Waals surface area contributed by atoms with Crippen molar-refractivity contribution in [1.29, 1.82) is 0 Å². The zero-order chi connectivity index (χ0) is 19.1. The van der Waals surface area contributed by atoms with E-state index in [0.717, 1.165) is 6.42 Å². The maximum atomic E-state index is 12.5. The minimum atomic E-state index is -0.379. The SMILES string of the molecule is CCc1ccc(C(=O)Nc2ccccc2NC(=O)Nc2ccccc2)cc1. The number of para-hydroxylation sites is 3. The van der Waals surface area contributed by atoms with Crippen molar-refractivity contribution in [2.45, 2.75) is 13.3 Å². The van der Waals surface area contributed by atoms with Crippen LogP contribution >= 0.6 is 0 Å². The van der Waals surface area contributed by atoms with Gasteiger partial charge in [-0.15, -0.1) is 0 Å². The summed E-state index contributed by atoms with van der Waals surface area (Å²) in [6, 6.07) is 23.3. The van der Waals surface area contributed by atoms with Crippen molar-refractivity contribution in [3.63, 3.8) is 0 Å². The normalized spacial score (nSPS) is 10.1. The molecule has 3 aromatic rings. The smallest absolute Gasteiger partial charge is 0.320 e. The van der Waals surface area contributed by atoms with Crippen molar-refractivity contribution in [3.05, 3.63) is 90.0 Å². The Hall–Kier alpha value is -3.60. The third kappa shape index (κ3) is 4.95. The molecule has 0 aromatic heterocycles. The number of aryl methyl sites for hydroxylation is 1. The second kappa shape index (κ2) is 8.67. The lowest BCUT2D eigenvalue weighted by Crippen LogP contribution is -2.21. The van der Waals surface area contributed by atoms with Crippen molar-refractivity contribution in [1.82, 2.24) is 0 Å². The van der Waals surface area contributed by atoms with E-state index in [9.17, 15) is 9.59 Å². The molecular formula is C22H21N3O2. The monoisotopic (exact) mass is 359 g/mol. The average molecular weight is 359 g/mol. The first kappa shape index (κ1) is 18.2. The average Bonchev–Trinajstić information content (AvgIpc) is 2.70. The second-order valence-corrected chi connectivity index (χ2v) is 6.00. The van der Waals surface area contributed by atoms with Gasteiger partial charge >= 0.3 is 6.03 Å². The number of amides is 3. The molecule has 0 unspecified atom stereocenters. The molecule has 0 aliphatic rings. The molecule has 0 fully saturated rings. The highest BCUT2D eigenvalue weighted by Gasteiger charge is 2.11. The Morgan fingerprint density at radius 1 is 0.704 bits per heavy atom. The van der Waals surface area contributed by atoms with Crippen LogP contribution in [0.1, 0.15) is 22.8 Å². The van der Waals surface area contributed by atoms with Gasteiger partial charge in [0.1, 0.15) is 0 Å². The highest BCUT2D eigenvalue weighted by Crippen LogP contribution is 2.22. The van der Waals surface area contributed by atoms with Gasteiger partial charge < -0.3 is 16.0 Å². The quantitative estimate of drug-likeness (QED) is 0.590. The van der Waals surface area contributed by atoms with Crippen LogP contribution in [-0.2, 0) is 6.42 Å². The van der Waals surface area contributed by atoms with Gasteiger partial charge in [-0.2, -0.15) is 0 Å². The van der Waals surface area contributed by atoms with E-state index < -0.39 is 0 Å². The molecule has 27 heavy (non-hydrogen) atoms. The van der Waals surface area contributed by atoms with Gasteiger partial charge in [0, 0.05) is 11.3 Å². The molecule has 5 nitrogen and oxygen atoms in total. The number of hydrogen-bond acceptors (Lipinski definition) is 2. The van der Waals surface area contributed by atoms with E-state index in [4.69, 9.17) is 0 Å². The van der Waals surface area contributed by atoms with Crippen LogP contribution in [0.4, 0.5) is 21.9 Å². The van der Waals surface area contributed by atoms with Crippen molar-refractivity contribution >= 4 is 29.0 Å². The van der Waals surface area contributed by atoms with E-state index in [-0.39, 0.29) is 11.9 Å². The van der Waals surface area contributed by atoms with Gasteiger partial charge in [-0.3, -0.25) is 4.79 Å². The lowest BCUT2D eigenvalue weighted by Gasteiger charge is -2.13. The molecule has 0 saturated carbocycles. The van der Waals surface area contributed by atoms with E-state index >= 15 is 0 Å². The molecule has 0 bridgehead atoms. The van der Waals surface area contributed by atoms with E-state index in [2.05, 4.69) is 22.9 Å². The molecule has 0 aliphatic carbocycles. The molecule has 3 rings (SSSR count). The number of nitrogens with one attached hydrogen (secondary N) is 3. The van der Waals surface area contributed by atoms with Crippen molar-refractivity contribution in [2.75, 3.05) is 16.0 Å². The summed E-state index contributed by atoms with van der Waals surface area (Å²) in [7, 11) is 0. The van der Waals surface area contributed by atoms with Gasteiger partial charge in [0.2, 0.25) is 0 Å². The standard InChI is InChI=1S/C22H21N3O2/c1-2-16-12-14-17(15-13-16)21(26)24-19-10-6-7-11-20(19)25-22(27)23-18-8-4-3-5-9-18/h3-15H,2H2,1H3,(H,24,26)(H2,23,25,27). The molecule has 0 atom stereocenters. The Morgan fingerprint density at radius 2 is 1.30 bits per heavy atom. The van der Waals surface area contributed by atoms with E-state index in [1.54, 1.807) is 48.5 Å². The van der Waals surface area contributed by atoms with Crippen LogP contribution in [0.15, 0.2) is 78.9 Å². The topological polar surface area (TPSA) is 70.2 Å². The highest BCUT2D eigenvalue weighted by atomic mass is 16.2. The summed E-state index contributed by atoms with van der Waals surface area (Å²) in [5.74, 6) is -0.227. The predicted molar refractivity (Wildman–Crippen MR) is 109 cm³/mol. The number of urea groups is 1. The molecule has 136 valence electrons. The Kier molecular flexibility index (Phi) is 5.84. The highest BCUT2D eigenvalue weighted by molar-refractivity contribution is 6.08. The summed E-state index contributed by atoms with van der Waals surface area (Å²) in [5, 5.41) is 8.37. The van der Waals surface area contributed by atoms with E-state index in [1.807, 2.05) is 30.3 Å².